The van der Waals surface area contributed by atoms with E-state index in [0.29, 0.717) is 12.3 Å². The number of rotatable bonds is 7. The van der Waals surface area contributed by atoms with Crippen molar-refractivity contribution in [3.05, 3.63) is 47.7 Å². The fraction of sp³-hybridized carbons (Fsp3) is 0.381. The van der Waals surface area contributed by atoms with Crippen LogP contribution in [0, 0.1) is 6.92 Å². The molecule has 1 aromatic carbocycles. The van der Waals surface area contributed by atoms with Gasteiger partial charge in [-0.15, -0.1) is 0 Å². The van der Waals surface area contributed by atoms with Crippen LogP contribution in [0.1, 0.15) is 35.7 Å². The Hall–Kier alpha value is -3.09. The van der Waals surface area contributed by atoms with E-state index in [0.717, 1.165) is 18.7 Å². The summed E-state index contributed by atoms with van der Waals surface area (Å²) in [6, 6.07) is 9.13. The Labute approximate surface area is 164 Å². The van der Waals surface area contributed by atoms with Crippen molar-refractivity contribution in [1.29, 1.82) is 0 Å². The number of carbonyl (C=O) groups is 2. The number of hydrogen-bond acceptors (Lipinski definition) is 6. The number of esters is 1. The summed E-state index contributed by atoms with van der Waals surface area (Å²) >= 11 is 0. The van der Waals surface area contributed by atoms with E-state index < -0.39 is 11.9 Å². The third-order valence-electron chi connectivity index (χ3n) is 4.56. The number of carbonyl (C=O) groups excluding carboxylic acids is 2. The Morgan fingerprint density at radius 2 is 2.00 bits per heavy atom. The minimum Gasteiger partial charge on any atom is -0.477 e. The van der Waals surface area contributed by atoms with Gasteiger partial charge in [0.25, 0.3) is 5.91 Å². The summed E-state index contributed by atoms with van der Waals surface area (Å²) in [7, 11) is 0. The van der Waals surface area contributed by atoms with Gasteiger partial charge >= 0.3 is 5.97 Å². The number of benzene rings is 1. The van der Waals surface area contributed by atoms with Crippen LogP contribution in [-0.4, -0.2) is 43.2 Å². The molecule has 1 aliphatic rings. The molecule has 1 aromatic heterocycles. The van der Waals surface area contributed by atoms with Gasteiger partial charge in [0.2, 0.25) is 5.88 Å². The van der Waals surface area contributed by atoms with Gasteiger partial charge in [-0.1, -0.05) is 0 Å². The zero-order chi connectivity index (χ0) is 19.9. The van der Waals surface area contributed by atoms with E-state index in [4.69, 9.17) is 9.47 Å². The molecule has 28 heavy (non-hydrogen) atoms. The quantitative estimate of drug-likeness (QED) is 0.740. The highest BCUT2D eigenvalue weighted by molar-refractivity contribution is 5.96. The van der Waals surface area contributed by atoms with Crippen molar-refractivity contribution in [3.63, 3.8) is 0 Å². The largest absolute Gasteiger partial charge is 0.477 e. The molecule has 3 rings (SSSR count). The molecule has 2 aromatic rings. The van der Waals surface area contributed by atoms with Crippen molar-refractivity contribution in [2.75, 3.05) is 36.5 Å². The molecule has 0 atom stereocenters. The van der Waals surface area contributed by atoms with Gasteiger partial charge < -0.3 is 19.7 Å². The molecular formula is C21H25N3O4. The first-order valence-corrected chi connectivity index (χ1v) is 9.49. The maximum atomic E-state index is 12.2. The predicted octanol–water partition coefficient (Wildman–Crippen LogP) is 3.18. The Kier molecular flexibility index (Phi) is 6.47. The van der Waals surface area contributed by atoms with Gasteiger partial charge in [-0.3, -0.25) is 4.79 Å². The highest BCUT2D eigenvalue weighted by Gasteiger charge is 2.17. The Bertz CT molecular complexity index is 847. The van der Waals surface area contributed by atoms with E-state index in [2.05, 4.69) is 21.3 Å². The third-order valence-corrected chi connectivity index (χ3v) is 4.56. The first-order chi connectivity index (χ1) is 13.6. The van der Waals surface area contributed by atoms with Crippen molar-refractivity contribution < 1.29 is 19.1 Å². The molecule has 1 fully saturated rings. The summed E-state index contributed by atoms with van der Waals surface area (Å²) in [5.41, 5.74) is 3.04. The molecule has 0 radical (unpaired) electrons. The van der Waals surface area contributed by atoms with Gasteiger partial charge in [-0.2, -0.15) is 0 Å². The highest BCUT2D eigenvalue weighted by Crippen LogP contribution is 2.25. The van der Waals surface area contributed by atoms with Gasteiger partial charge in [0.05, 0.1) is 6.61 Å². The number of ether oxygens (including phenoxy) is 2. The molecule has 0 aliphatic carbocycles. The normalized spacial score (nSPS) is 13.3. The number of anilines is 2. The lowest BCUT2D eigenvalue weighted by molar-refractivity contribution is -0.119. The fourth-order valence-electron chi connectivity index (χ4n) is 3.15. The van der Waals surface area contributed by atoms with Crippen LogP contribution in [0.25, 0.3) is 0 Å². The summed E-state index contributed by atoms with van der Waals surface area (Å²) < 4.78 is 10.4. The smallest absolute Gasteiger partial charge is 0.344 e. The van der Waals surface area contributed by atoms with Crippen molar-refractivity contribution in [1.82, 2.24) is 4.98 Å². The van der Waals surface area contributed by atoms with Crippen LogP contribution in [0.2, 0.25) is 0 Å². The molecule has 1 saturated heterocycles. The van der Waals surface area contributed by atoms with Crippen LogP contribution >= 0.6 is 0 Å². The number of aryl methyl sites for hydroxylation is 1. The molecule has 7 nitrogen and oxygen atoms in total. The van der Waals surface area contributed by atoms with Crippen LogP contribution in [0.15, 0.2) is 36.5 Å². The third kappa shape index (κ3) is 4.79. The van der Waals surface area contributed by atoms with Gasteiger partial charge in [-0.05, 0) is 62.6 Å². The molecule has 7 heteroatoms. The van der Waals surface area contributed by atoms with Gasteiger partial charge in [-0.25, -0.2) is 9.78 Å². The van der Waals surface area contributed by atoms with Crippen molar-refractivity contribution in [2.45, 2.75) is 26.7 Å². The lowest BCUT2D eigenvalue weighted by atomic mass is 10.1. The second-order valence-electron chi connectivity index (χ2n) is 6.61. The molecule has 0 unspecified atom stereocenters. The molecule has 1 amide bonds. The topological polar surface area (TPSA) is 80.8 Å². The first kappa shape index (κ1) is 19.7. The van der Waals surface area contributed by atoms with E-state index in [-0.39, 0.29) is 18.1 Å². The number of nitrogens with one attached hydrogen (secondary N) is 1. The zero-order valence-electron chi connectivity index (χ0n) is 16.2. The number of nitrogens with zero attached hydrogens (tertiary/aromatic N) is 2. The highest BCUT2D eigenvalue weighted by atomic mass is 16.5. The van der Waals surface area contributed by atoms with Crippen molar-refractivity contribution in [2.24, 2.45) is 0 Å². The Balaban J connectivity index is 1.56. The molecule has 0 bridgehead atoms. The van der Waals surface area contributed by atoms with E-state index >= 15 is 0 Å². The monoisotopic (exact) mass is 383 g/mol. The maximum absolute atomic E-state index is 12.2. The minimum absolute atomic E-state index is 0.197. The van der Waals surface area contributed by atoms with E-state index in [9.17, 15) is 9.59 Å². The SMILES string of the molecule is CCOc1ncccc1C(=O)OCC(=O)Nc1ccc(N2CCCC2)cc1C. The minimum atomic E-state index is -0.646. The van der Waals surface area contributed by atoms with E-state index in [1.54, 1.807) is 19.1 Å². The molecule has 0 spiro atoms. The Morgan fingerprint density at radius 1 is 1.21 bits per heavy atom. The molecule has 1 aliphatic heterocycles. The fourth-order valence-corrected chi connectivity index (χ4v) is 3.15. The lowest BCUT2D eigenvalue weighted by Gasteiger charge is -2.19. The average molecular weight is 383 g/mol. The summed E-state index contributed by atoms with van der Waals surface area (Å²) in [6.07, 6.45) is 3.96. The van der Waals surface area contributed by atoms with Crippen LogP contribution in [-0.2, 0) is 9.53 Å². The average Bonchev–Trinajstić information content (AvgIpc) is 3.23. The molecule has 2 heterocycles. The molecule has 0 saturated carbocycles. The second kappa shape index (κ2) is 9.21. The summed E-state index contributed by atoms with van der Waals surface area (Å²) in [6.45, 7) is 5.88. The molecular weight excluding hydrogens is 358 g/mol. The second-order valence-corrected chi connectivity index (χ2v) is 6.61. The number of aromatic nitrogens is 1. The summed E-state index contributed by atoms with van der Waals surface area (Å²) in [5.74, 6) is -0.844. The van der Waals surface area contributed by atoms with Crippen molar-refractivity contribution in [3.8, 4) is 5.88 Å². The van der Waals surface area contributed by atoms with Gasteiger partial charge in [0, 0.05) is 30.7 Å². The zero-order valence-corrected chi connectivity index (χ0v) is 16.2. The molecule has 1 N–H and O–H groups in total. The summed E-state index contributed by atoms with van der Waals surface area (Å²) in [4.78, 5) is 30.8. The van der Waals surface area contributed by atoms with Crippen LogP contribution in [0.3, 0.4) is 0 Å². The number of pyridine rings is 1. The lowest BCUT2D eigenvalue weighted by Crippen LogP contribution is -2.22. The number of amides is 1. The van der Waals surface area contributed by atoms with Gasteiger partial charge in [0.15, 0.2) is 6.61 Å². The first-order valence-electron chi connectivity index (χ1n) is 9.49. The van der Waals surface area contributed by atoms with Crippen LogP contribution in [0.5, 0.6) is 5.88 Å². The van der Waals surface area contributed by atoms with Gasteiger partial charge in [0.1, 0.15) is 5.56 Å². The predicted molar refractivity (Wildman–Crippen MR) is 107 cm³/mol. The standard InChI is InChI=1S/C21H25N3O4/c1-3-27-20-17(7-6-10-22-20)21(26)28-14-19(25)23-18-9-8-16(13-15(18)2)24-11-4-5-12-24/h6-10,13H,3-5,11-12,14H2,1-2H3,(H,23,25). The van der Waals surface area contributed by atoms with E-state index in [1.807, 2.05) is 19.1 Å². The van der Waals surface area contributed by atoms with E-state index in [1.165, 1.54) is 24.7 Å². The van der Waals surface area contributed by atoms with Crippen LogP contribution < -0.4 is 15.0 Å². The van der Waals surface area contributed by atoms with Crippen molar-refractivity contribution >= 4 is 23.3 Å². The number of hydrogen-bond donors (Lipinski definition) is 1. The van der Waals surface area contributed by atoms with Crippen LogP contribution in [0.4, 0.5) is 11.4 Å². The summed E-state index contributed by atoms with van der Waals surface area (Å²) in [5, 5.41) is 2.79. The molecule has 148 valence electrons. The Morgan fingerprint density at radius 3 is 2.71 bits per heavy atom. The maximum Gasteiger partial charge on any atom is 0.344 e.